The number of nitrogens with one attached hydrogen (secondary N) is 1. The number of rotatable bonds is 6. The molecule has 0 aromatic heterocycles. The lowest BCUT2D eigenvalue weighted by Crippen LogP contribution is -2.20. The lowest BCUT2D eigenvalue weighted by Gasteiger charge is -2.13. The summed E-state index contributed by atoms with van der Waals surface area (Å²) in [5.41, 5.74) is 1.14. The average Bonchev–Trinajstić information content (AvgIpc) is 2.53. The molecule has 0 saturated heterocycles. The summed E-state index contributed by atoms with van der Waals surface area (Å²) in [6.07, 6.45) is 0.708. The highest BCUT2D eigenvalue weighted by molar-refractivity contribution is 9.10. The number of benzene rings is 2. The van der Waals surface area contributed by atoms with Crippen molar-refractivity contribution in [2.45, 2.75) is 0 Å². The SMILES string of the molecule is COc1cc(C=O)cc(Br)c1OCC(=O)Nc1ccccc1. The maximum atomic E-state index is 11.9. The van der Waals surface area contributed by atoms with Crippen LogP contribution >= 0.6 is 15.9 Å². The molecule has 0 aliphatic rings. The summed E-state index contributed by atoms with van der Waals surface area (Å²) in [5.74, 6) is 0.458. The van der Waals surface area contributed by atoms with Crippen molar-refractivity contribution in [3.8, 4) is 11.5 Å². The summed E-state index contributed by atoms with van der Waals surface area (Å²) in [7, 11) is 1.47. The highest BCUT2D eigenvalue weighted by Crippen LogP contribution is 2.36. The minimum absolute atomic E-state index is 0.176. The van der Waals surface area contributed by atoms with Gasteiger partial charge in [-0.15, -0.1) is 0 Å². The lowest BCUT2D eigenvalue weighted by atomic mass is 10.2. The molecule has 6 heteroatoms. The van der Waals surface area contributed by atoms with E-state index >= 15 is 0 Å². The van der Waals surface area contributed by atoms with Crippen LogP contribution in [0.4, 0.5) is 5.69 Å². The Balaban J connectivity index is 2.05. The van der Waals surface area contributed by atoms with Crippen molar-refractivity contribution in [1.29, 1.82) is 0 Å². The van der Waals surface area contributed by atoms with E-state index in [2.05, 4.69) is 21.2 Å². The first-order valence-electron chi connectivity index (χ1n) is 6.44. The quantitative estimate of drug-likeness (QED) is 0.799. The summed E-state index contributed by atoms with van der Waals surface area (Å²) in [5, 5.41) is 2.72. The van der Waals surface area contributed by atoms with Gasteiger partial charge in [-0.25, -0.2) is 0 Å². The molecule has 0 atom stereocenters. The van der Waals surface area contributed by atoms with Crippen LogP contribution < -0.4 is 14.8 Å². The number of aldehydes is 1. The van der Waals surface area contributed by atoms with E-state index in [0.29, 0.717) is 33.5 Å². The van der Waals surface area contributed by atoms with Crippen LogP contribution in [0.3, 0.4) is 0 Å². The van der Waals surface area contributed by atoms with Gasteiger partial charge in [0, 0.05) is 11.3 Å². The van der Waals surface area contributed by atoms with E-state index in [9.17, 15) is 9.59 Å². The third kappa shape index (κ3) is 4.08. The van der Waals surface area contributed by atoms with E-state index in [0.717, 1.165) is 0 Å². The van der Waals surface area contributed by atoms with E-state index in [1.165, 1.54) is 7.11 Å². The molecule has 114 valence electrons. The number of carbonyl (C=O) groups is 2. The van der Waals surface area contributed by atoms with Gasteiger partial charge < -0.3 is 14.8 Å². The molecule has 1 amide bonds. The van der Waals surface area contributed by atoms with Gasteiger partial charge in [0.05, 0.1) is 11.6 Å². The first-order valence-corrected chi connectivity index (χ1v) is 7.23. The number of hydrogen-bond acceptors (Lipinski definition) is 4. The molecule has 0 heterocycles. The van der Waals surface area contributed by atoms with Gasteiger partial charge in [-0.1, -0.05) is 18.2 Å². The minimum Gasteiger partial charge on any atom is -0.493 e. The summed E-state index contributed by atoms with van der Waals surface area (Å²) < 4.78 is 11.2. The zero-order valence-corrected chi connectivity index (χ0v) is 13.4. The van der Waals surface area contributed by atoms with Crippen LogP contribution in [-0.2, 0) is 4.79 Å². The monoisotopic (exact) mass is 363 g/mol. The van der Waals surface area contributed by atoms with Crippen LogP contribution in [0.15, 0.2) is 46.9 Å². The minimum atomic E-state index is -0.292. The van der Waals surface area contributed by atoms with Crippen LogP contribution in [-0.4, -0.2) is 25.9 Å². The fraction of sp³-hybridized carbons (Fsp3) is 0.125. The Bertz CT molecular complexity index is 673. The second-order valence-corrected chi connectivity index (χ2v) is 5.21. The molecule has 2 rings (SSSR count). The second kappa shape index (κ2) is 7.61. The molecule has 22 heavy (non-hydrogen) atoms. The summed E-state index contributed by atoms with van der Waals surface area (Å²) in [6.45, 7) is -0.176. The van der Waals surface area contributed by atoms with Crippen molar-refractivity contribution in [3.63, 3.8) is 0 Å². The van der Waals surface area contributed by atoms with Gasteiger partial charge in [0.1, 0.15) is 6.29 Å². The second-order valence-electron chi connectivity index (χ2n) is 4.35. The fourth-order valence-corrected chi connectivity index (χ4v) is 2.38. The normalized spacial score (nSPS) is 9.91. The topological polar surface area (TPSA) is 64.6 Å². The van der Waals surface area contributed by atoms with Crippen molar-refractivity contribution in [2.75, 3.05) is 19.0 Å². The summed E-state index contributed by atoms with van der Waals surface area (Å²) >= 11 is 3.30. The molecular weight excluding hydrogens is 350 g/mol. The van der Waals surface area contributed by atoms with Crippen molar-refractivity contribution in [2.24, 2.45) is 0 Å². The fourth-order valence-electron chi connectivity index (χ4n) is 1.80. The molecule has 0 fully saturated rings. The van der Waals surface area contributed by atoms with E-state index < -0.39 is 0 Å². The number of ether oxygens (including phenoxy) is 2. The van der Waals surface area contributed by atoms with E-state index in [4.69, 9.17) is 9.47 Å². The standard InChI is InChI=1S/C16H14BrNO4/c1-21-14-8-11(9-19)7-13(17)16(14)22-10-15(20)18-12-5-3-2-4-6-12/h2-9H,10H2,1H3,(H,18,20). The van der Waals surface area contributed by atoms with Gasteiger partial charge >= 0.3 is 0 Å². The highest BCUT2D eigenvalue weighted by atomic mass is 79.9. The molecule has 0 radical (unpaired) electrons. The number of para-hydroxylation sites is 1. The Hall–Kier alpha value is -2.34. The lowest BCUT2D eigenvalue weighted by molar-refractivity contribution is -0.118. The Morgan fingerprint density at radius 3 is 2.64 bits per heavy atom. The number of anilines is 1. The Morgan fingerprint density at radius 2 is 2.00 bits per heavy atom. The van der Waals surface area contributed by atoms with Crippen molar-refractivity contribution < 1.29 is 19.1 Å². The highest BCUT2D eigenvalue weighted by Gasteiger charge is 2.13. The van der Waals surface area contributed by atoms with Crippen LogP contribution in [0, 0.1) is 0 Å². The Labute approximate surface area is 136 Å². The summed E-state index contributed by atoms with van der Waals surface area (Å²) in [4.78, 5) is 22.7. The Morgan fingerprint density at radius 1 is 1.27 bits per heavy atom. The van der Waals surface area contributed by atoms with Gasteiger partial charge in [0.2, 0.25) is 0 Å². The molecule has 0 unspecified atom stereocenters. The molecule has 2 aromatic rings. The number of hydrogen-bond donors (Lipinski definition) is 1. The van der Waals surface area contributed by atoms with Crippen molar-refractivity contribution >= 4 is 33.8 Å². The average molecular weight is 364 g/mol. The smallest absolute Gasteiger partial charge is 0.262 e. The van der Waals surface area contributed by atoms with E-state index in [-0.39, 0.29) is 12.5 Å². The molecule has 0 spiro atoms. The molecule has 2 aromatic carbocycles. The van der Waals surface area contributed by atoms with Crippen LogP contribution in [0.25, 0.3) is 0 Å². The van der Waals surface area contributed by atoms with Crippen LogP contribution in [0.5, 0.6) is 11.5 Å². The maximum Gasteiger partial charge on any atom is 0.262 e. The van der Waals surface area contributed by atoms with E-state index in [1.54, 1.807) is 24.3 Å². The molecule has 0 bridgehead atoms. The molecule has 0 aliphatic heterocycles. The predicted molar refractivity (Wildman–Crippen MR) is 86.6 cm³/mol. The molecular formula is C16H14BrNO4. The molecule has 0 saturated carbocycles. The molecule has 5 nitrogen and oxygen atoms in total. The van der Waals surface area contributed by atoms with Crippen LogP contribution in [0.2, 0.25) is 0 Å². The first-order chi connectivity index (χ1) is 10.6. The maximum absolute atomic E-state index is 11.9. The third-order valence-corrected chi connectivity index (χ3v) is 3.38. The van der Waals surface area contributed by atoms with Gasteiger partial charge in [0.15, 0.2) is 18.1 Å². The molecule has 0 aliphatic carbocycles. The van der Waals surface area contributed by atoms with Crippen molar-refractivity contribution in [1.82, 2.24) is 0 Å². The number of methoxy groups -OCH3 is 1. The van der Waals surface area contributed by atoms with Gasteiger partial charge in [-0.05, 0) is 40.2 Å². The molecule has 1 N–H and O–H groups in total. The third-order valence-electron chi connectivity index (χ3n) is 2.79. The van der Waals surface area contributed by atoms with Crippen LogP contribution in [0.1, 0.15) is 10.4 Å². The zero-order chi connectivity index (χ0) is 15.9. The van der Waals surface area contributed by atoms with Gasteiger partial charge in [0.25, 0.3) is 5.91 Å². The predicted octanol–water partition coefficient (Wildman–Crippen LogP) is 3.29. The number of carbonyl (C=O) groups excluding carboxylic acids is 2. The number of amides is 1. The Kier molecular flexibility index (Phi) is 5.55. The number of halogens is 1. The van der Waals surface area contributed by atoms with Crippen molar-refractivity contribution in [3.05, 3.63) is 52.5 Å². The zero-order valence-electron chi connectivity index (χ0n) is 11.8. The van der Waals surface area contributed by atoms with E-state index in [1.807, 2.05) is 18.2 Å². The van der Waals surface area contributed by atoms with Gasteiger partial charge in [-0.3, -0.25) is 9.59 Å². The first kappa shape index (κ1) is 16.0. The summed E-state index contributed by atoms with van der Waals surface area (Å²) in [6, 6.07) is 12.2. The largest absolute Gasteiger partial charge is 0.493 e. The van der Waals surface area contributed by atoms with Gasteiger partial charge in [-0.2, -0.15) is 0 Å².